The minimum absolute atomic E-state index is 0.329. The van der Waals surface area contributed by atoms with Gasteiger partial charge in [0.2, 0.25) is 0 Å². The van der Waals surface area contributed by atoms with Gasteiger partial charge in [-0.1, -0.05) is 24.3 Å². The van der Waals surface area contributed by atoms with Gasteiger partial charge in [-0.15, -0.1) is 0 Å². The van der Waals surface area contributed by atoms with Gasteiger partial charge in [-0.25, -0.2) is 4.79 Å². The molecule has 2 aromatic rings. The Morgan fingerprint density at radius 3 is 2.71 bits per heavy atom. The molecular formula is C17H18N2O2. The molecule has 0 saturated carbocycles. The SMILES string of the molecule is CC(C)(C)OC(=O)N1Cc2cccnc2-c2ccccc21. The molecule has 0 aliphatic carbocycles. The highest BCUT2D eigenvalue weighted by atomic mass is 16.6. The third kappa shape index (κ3) is 2.61. The van der Waals surface area contributed by atoms with E-state index >= 15 is 0 Å². The number of carbonyl (C=O) groups excluding carboxylic acids is 1. The number of para-hydroxylation sites is 1. The summed E-state index contributed by atoms with van der Waals surface area (Å²) in [6.45, 7) is 6.10. The number of carbonyl (C=O) groups is 1. The molecule has 1 aromatic heterocycles. The van der Waals surface area contributed by atoms with Crippen molar-refractivity contribution in [3.05, 3.63) is 48.2 Å². The number of fused-ring (bicyclic) bond motifs is 3. The van der Waals surface area contributed by atoms with E-state index in [4.69, 9.17) is 4.74 Å². The van der Waals surface area contributed by atoms with Crippen molar-refractivity contribution in [1.82, 2.24) is 4.98 Å². The molecule has 0 unspecified atom stereocenters. The van der Waals surface area contributed by atoms with Crippen LogP contribution >= 0.6 is 0 Å². The lowest BCUT2D eigenvalue weighted by atomic mass is 9.99. The summed E-state index contributed by atoms with van der Waals surface area (Å²) in [6, 6.07) is 11.7. The Labute approximate surface area is 124 Å². The van der Waals surface area contributed by atoms with E-state index < -0.39 is 5.60 Å². The van der Waals surface area contributed by atoms with E-state index in [9.17, 15) is 4.79 Å². The maximum Gasteiger partial charge on any atom is 0.415 e. The van der Waals surface area contributed by atoms with Crippen molar-refractivity contribution in [2.24, 2.45) is 0 Å². The molecule has 0 saturated heterocycles. The number of nitrogens with zero attached hydrogens (tertiary/aromatic N) is 2. The first-order valence-electron chi connectivity index (χ1n) is 6.99. The van der Waals surface area contributed by atoms with Crippen LogP contribution in [0.5, 0.6) is 0 Å². The highest BCUT2D eigenvalue weighted by Gasteiger charge is 2.30. The molecule has 21 heavy (non-hydrogen) atoms. The first kappa shape index (κ1) is 13.6. The summed E-state index contributed by atoms with van der Waals surface area (Å²) in [5.41, 5.74) is 3.26. The molecule has 1 aromatic carbocycles. The van der Waals surface area contributed by atoms with E-state index in [0.717, 1.165) is 22.5 Å². The maximum atomic E-state index is 12.5. The number of hydrogen-bond acceptors (Lipinski definition) is 3. The number of rotatable bonds is 0. The number of benzene rings is 1. The van der Waals surface area contributed by atoms with Crippen LogP contribution in [0, 0.1) is 0 Å². The Hall–Kier alpha value is -2.36. The van der Waals surface area contributed by atoms with Crippen molar-refractivity contribution in [2.75, 3.05) is 4.90 Å². The average molecular weight is 282 g/mol. The second-order valence-corrected chi connectivity index (χ2v) is 6.09. The fraction of sp³-hybridized carbons (Fsp3) is 0.294. The monoisotopic (exact) mass is 282 g/mol. The van der Waals surface area contributed by atoms with Gasteiger partial charge < -0.3 is 4.74 Å². The Morgan fingerprint density at radius 2 is 1.95 bits per heavy atom. The zero-order valence-electron chi connectivity index (χ0n) is 12.5. The van der Waals surface area contributed by atoms with Crippen LogP contribution in [0.15, 0.2) is 42.6 Å². The molecule has 0 fully saturated rings. The molecule has 3 rings (SSSR count). The second-order valence-electron chi connectivity index (χ2n) is 6.09. The molecular weight excluding hydrogens is 264 g/mol. The summed E-state index contributed by atoms with van der Waals surface area (Å²) in [5.74, 6) is 0. The average Bonchev–Trinajstić information content (AvgIpc) is 2.44. The maximum absolute atomic E-state index is 12.5. The number of pyridine rings is 1. The van der Waals surface area contributed by atoms with Crippen LogP contribution < -0.4 is 4.90 Å². The Morgan fingerprint density at radius 1 is 1.19 bits per heavy atom. The van der Waals surface area contributed by atoms with Gasteiger partial charge in [-0.3, -0.25) is 9.88 Å². The topological polar surface area (TPSA) is 42.4 Å². The number of hydrogen-bond donors (Lipinski definition) is 0. The Bertz CT molecular complexity index is 689. The highest BCUT2D eigenvalue weighted by Crippen LogP contribution is 2.38. The minimum Gasteiger partial charge on any atom is -0.443 e. The zero-order chi connectivity index (χ0) is 15.0. The Balaban J connectivity index is 2.04. The first-order chi connectivity index (χ1) is 9.96. The van der Waals surface area contributed by atoms with Crippen LogP contribution in [0.4, 0.5) is 10.5 Å². The van der Waals surface area contributed by atoms with E-state index in [1.807, 2.05) is 57.2 Å². The van der Waals surface area contributed by atoms with Crippen molar-refractivity contribution in [3.63, 3.8) is 0 Å². The largest absolute Gasteiger partial charge is 0.443 e. The van der Waals surface area contributed by atoms with Gasteiger partial charge in [0, 0.05) is 11.8 Å². The van der Waals surface area contributed by atoms with Crippen LogP contribution in [0.2, 0.25) is 0 Å². The summed E-state index contributed by atoms with van der Waals surface area (Å²) in [4.78, 5) is 18.6. The lowest BCUT2D eigenvalue weighted by molar-refractivity contribution is 0.0577. The van der Waals surface area contributed by atoms with Crippen molar-refractivity contribution < 1.29 is 9.53 Å². The lowest BCUT2D eigenvalue weighted by Crippen LogP contribution is -2.38. The molecule has 108 valence electrons. The van der Waals surface area contributed by atoms with Crippen LogP contribution in [-0.4, -0.2) is 16.7 Å². The molecule has 0 atom stereocenters. The van der Waals surface area contributed by atoms with Gasteiger partial charge in [-0.05, 0) is 38.5 Å². The Kier molecular flexibility index (Phi) is 3.16. The summed E-state index contributed by atoms with van der Waals surface area (Å²) < 4.78 is 5.52. The fourth-order valence-corrected chi connectivity index (χ4v) is 2.45. The molecule has 0 spiro atoms. The van der Waals surface area contributed by atoms with Crippen LogP contribution in [0.1, 0.15) is 26.3 Å². The summed E-state index contributed by atoms with van der Waals surface area (Å²) in [7, 11) is 0. The van der Waals surface area contributed by atoms with Crippen LogP contribution in [0.3, 0.4) is 0 Å². The quantitative estimate of drug-likeness (QED) is 0.733. The third-order valence-corrected chi connectivity index (χ3v) is 3.28. The summed E-state index contributed by atoms with van der Waals surface area (Å²) in [6.07, 6.45) is 1.45. The normalized spacial score (nSPS) is 13.4. The number of amides is 1. The van der Waals surface area contributed by atoms with Gasteiger partial charge in [0.1, 0.15) is 5.60 Å². The fourth-order valence-electron chi connectivity index (χ4n) is 2.45. The van der Waals surface area contributed by atoms with Gasteiger partial charge in [0.15, 0.2) is 0 Å². The molecule has 4 nitrogen and oxygen atoms in total. The second kappa shape index (κ2) is 4.88. The van der Waals surface area contributed by atoms with E-state index in [0.29, 0.717) is 6.54 Å². The summed E-state index contributed by atoms with van der Waals surface area (Å²) in [5, 5.41) is 0. The molecule has 0 bridgehead atoms. The van der Waals surface area contributed by atoms with Crippen molar-refractivity contribution in [3.8, 4) is 11.3 Å². The first-order valence-corrected chi connectivity index (χ1v) is 6.99. The highest BCUT2D eigenvalue weighted by molar-refractivity contribution is 5.96. The number of aromatic nitrogens is 1. The molecule has 1 aliphatic rings. The molecule has 2 heterocycles. The number of ether oxygens (including phenoxy) is 1. The summed E-state index contributed by atoms with van der Waals surface area (Å²) >= 11 is 0. The van der Waals surface area contributed by atoms with Crippen molar-refractivity contribution >= 4 is 11.8 Å². The van der Waals surface area contributed by atoms with E-state index in [1.165, 1.54) is 0 Å². The number of anilines is 1. The van der Waals surface area contributed by atoms with Crippen LogP contribution in [-0.2, 0) is 11.3 Å². The lowest BCUT2D eigenvalue weighted by Gasteiger charge is -2.32. The van der Waals surface area contributed by atoms with Gasteiger partial charge in [0.25, 0.3) is 0 Å². The van der Waals surface area contributed by atoms with Gasteiger partial charge in [-0.2, -0.15) is 0 Å². The van der Waals surface area contributed by atoms with Gasteiger partial charge >= 0.3 is 6.09 Å². The molecule has 4 heteroatoms. The molecule has 0 N–H and O–H groups in total. The standard InChI is InChI=1S/C17H18N2O2/c1-17(2,3)21-16(20)19-11-12-7-6-10-18-15(12)13-8-4-5-9-14(13)19/h4-10H,11H2,1-3H3. The van der Waals surface area contributed by atoms with E-state index in [-0.39, 0.29) is 6.09 Å². The zero-order valence-corrected chi connectivity index (χ0v) is 12.5. The third-order valence-electron chi connectivity index (χ3n) is 3.28. The molecule has 1 aliphatic heterocycles. The predicted octanol–water partition coefficient (Wildman–Crippen LogP) is 4.00. The van der Waals surface area contributed by atoms with E-state index in [1.54, 1.807) is 11.1 Å². The van der Waals surface area contributed by atoms with E-state index in [2.05, 4.69) is 4.98 Å². The smallest absolute Gasteiger partial charge is 0.415 e. The minimum atomic E-state index is -0.513. The van der Waals surface area contributed by atoms with Crippen molar-refractivity contribution in [2.45, 2.75) is 32.9 Å². The van der Waals surface area contributed by atoms with Gasteiger partial charge in [0.05, 0.1) is 17.9 Å². The molecule has 1 amide bonds. The van der Waals surface area contributed by atoms with Crippen molar-refractivity contribution in [1.29, 1.82) is 0 Å². The predicted molar refractivity (Wildman–Crippen MR) is 82.1 cm³/mol. The van der Waals surface area contributed by atoms with Crippen LogP contribution in [0.25, 0.3) is 11.3 Å². The molecule has 0 radical (unpaired) electrons.